The molecule has 2 aliphatic rings. The van der Waals surface area contributed by atoms with E-state index < -0.39 is 0 Å². The van der Waals surface area contributed by atoms with E-state index in [9.17, 15) is 0 Å². The number of hydrogen-bond donors (Lipinski definition) is 2. The van der Waals surface area contributed by atoms with Gasteiger partial charge in [0.1, 0.15) is 17.8 Å². The van der Waals surface area contributed by atoms with Crippen LogP contribution in [-0.2, 0) is 4.74 Å². The van der Waals surface area contributed by atoms with Gasteiger partial charge < -0.3 is 15.0 Å². The number of anilines is 1. The Morgan fingerprint density at radius 3 is 2.85 bits per heavy atom. The molecule has 3 aromatic rings. The van der Waals surface area contributed by atoms with Crippen molar-refractivity contribution in [2.75, 3.05) is 44.3 Å². The summed E-state index contributed by atoms with van der Waals surface area (Å²) in [6.45, 7) is 5.13. The molecule has 2 N–H and O–H groups in total. The van der Waals surface area contributed by atoms with Gasteiger partial charge in [-0.25, -0.2) is 9.97 Å². The lowest BCUT2D eigenvalue weighted by Crippen LogP contribution is -2.36. The summed E-state index contributed by atoms with van der Waals surface area (Å²) in [5.74, 6) is 0.927. The topological polar surface area (TPSA) is 79.0 Å². The third kappa shape index (κ3) is 3.20. The van der Waals surface area contributed by atoms with Crippen molar-refractivity contribution >= 4 is 22.3 Å². The molecule has 7 heteroatoms. The van der Waals surface area contributed by atoms with Gasteiger partial charge >= 0.3 is 0 Å². The average molecular weight is 362 g/mol. The van der Waals surface area contributed by atoms with Crippen molar-refractivity contribution in [2.45, 2.75) is 6.42 Å². The fourth-order valence-corrected chi connectivity index (χ4v) is 3.74. The van der Waals surface area contributed by atoms with Crippen LogP contribution in [0.5, 0.6) is 0 Å². The van der Waals surface area contributed by atoms with E-state index in [0.29, 0.717) is 0 Å². The van der Waals surface area contributed by atoms with Gasteiger partial charge in [-0.3, -0.25) is 5.10 Å². The quantitative estimate of drug-likeness (QED) is 0.744. The Balaban J connectivity index is 1.53. The second-order valence-electron chi connectivity index (χ2n) is 6.88. The number of fused-ring (bicyclic) bond motifs is 1. The van der Waals surface area contributed by atoms with Gasteiger partial charge in [-0.2, -0.15) is 5.10 Å². The number of benzene rings is 1. The lowest BCUT2D eigenvalue weighted by atomic mass is 9.98. The molecular weight excluding hydrogens is 340 g/mol. The second-order valence-corrected chi connectivity index (χ2v) is 6.88. The number of rotatable bonds is 3. The number of nitrogens with zero attached hydrogens (tertiary/aromatic N) is 4. The van der Waals surface area contributed by atoms with Gasteiger partial charge in [0, 0.05) is 31.1 Å². The first-order chi connectivity index (χ1) is 13.4. The molecule has 1 fully saturated rings. The van der Waals surface area contributed by atoms with E-state index in [4.69, 9.17) is 4.74 Å². The van der Waals surface area contributed by atoms with Crippen LogP contribution in [0, 0.1) is 0 Å². The number of nitrogens with one attached hydrogen (secondary N) is 2. The Kier molecular flexibility index (Phi) is 4.31. The molecule has 138 valence electrons. The summed E-state index contributed by atoms with van der Waals surface area (Å²) in [5, 5.41) is 12.1. The summed E-state index contributed by atoms with van der Waals surface area (Å²) in [6.07, 6.45) is 4.94. The zero-order valence-electron chi connectivity index (χ0n) is 15.1. The van der Waals surface area contributed by atoms with Gasteiger partial charge in [0.2, 0.25) is 0 Å². The first-order valence-electron chi connectivity index (χ1n) is 9.42. The third-order valence-corrected chi connectivity index (χ3v) is 5.23. The van der Waals surface area contributed by atoms with Crippen LogP contribution >= 0.6 is 0 Å². The van der Waals surface area contributed by atoms with Gasteiger partial charge in [-0.15, -0.1) is 0 Å². The summed E-state index contributed by atoms with van der Waals surface area (Å²) in [4.78, 5) is 11.2. The number of hydrogen-bond acceptors (Lipinski definition) is 6. The van der Waals surface area contributed by atoms with Crippen molar-refractivity contribution in [1.29, 1.82) is 0 Å². The molecule has 0 spiro atoms. The van der Waals surface area contributed by atoms with Crippen molar-refractivity contribution in [2.24, 2.45) is 0 Å². The molecule has 27 heavy (non-hydrogen) atoms. The van der Waals surface area contributed by atoms with Crippen LogP contribution in [0.3, 0.4) is 0 Å². The van der Waals surface area contributed by atoms with Crippen LogP contribution in [-0.4, -0.2) is 59.6 Å². The van der Waals surface area contributed by atoms with Gasteiger partial charge in [0.05, 0.1) is 24.4 Å². The largest absolute Gasteiger partial charge is 0.378 e. The zero-order chi connectivity index (χ0) is 18.1. The van der Waals surface area contributed by atoms with Crippen LogP contribution in [0.1, 0.15) is 12.0 Å². The second kappa shape index (κ2) is 7.09. The van der Waals surface area contributed by atoms with Crippen molar-refractivity contribution in [3.05, 3.63) is 42.2 Å². The molecule has 0 radical (unpaired) electrons. The van der Waals surface area contributed by atoms with Crippen LogP contribution in [0.15, 0.2) is 36.7 Å². The molecule has 0 amide bonds. The predicted molar refractivity (Wildman–Crippen MR) is 106 cm³/mol. The number of morpholine rings is 1. The smallest absolute Gasteiger partial charge is 0.132 e. The van der Waals surface area contributed by atoms with Crippen LogP contribution in [0.2, 0.25) is 0 Å². The highest BCUT2D eigenvalue weighted by atomic mass is 16.5. The Bertz CT molecular complexity index is 989. The van der Waals surface area contributed by atoms with Crippen molar-refractivity contribution < 1.29 is 4.74 Å². The maximum atomic E-state index is 5.44. The minimum absolute atomic E-state index is 0.734. The van der Waals surface area contributed by atoms with Crippen LogP contribution in [0.25, 0.3) is 27.9 Å². The minimum atomic E-state index is 0.734. The van der Waals surface area contributed by atoms with Crippen molar-refractivity contribution in [1.82, 2.24) is 25.5 Å². The molecule has 0 aliphatic carbocycles. The Hall–Kier alpha value is -2.77. The van der Waals surface area contributed by atoms with E-state index in [1.807, 2.05) is 6.07 Å². The molecule has 0 atom stereocenters. The Morgan fingerprint density at radius 2 is 2.00 bits per heavy atom. The molecule has 1 aromatic carbocycles. The third-order valence-electron chi connectivity index (χ3n) is 5.23. The monoisotopic (exact) mass is 362 g/mol. The summed E-state index contributed by atoms with van der Waals surface area (Å²) in [6, 6.07) is 8.52. The highest BCUT2D eigenvalue weighted by Crippen LogP contribution is 2.30. The van der Waals surface area contributed by atoms with Gasteiger partial charge in [0.15, 0.2) is 0 Å². The lowest BCUT2D eigenvalue weighted by molar-refractivity contribution is 0.122. The highest BCUT2D eigenvalue weighted by molar-refractivity contribution is 5.94. The van der Waals surface area contributed by atoms with E-state index in [-0.39, 0.29) is 0 Å². The SMILES string of the molecule is C1=C(c2ccc3[nH]nc(-c4cc(N5CCOCC5)ncn4)c3c2)CCNC1. The zero-order valence-corrected chi connectivity index (χ0v) is 15.1. The molecular formula is C20H22N6O. The number of H-pyrrole nitrogens is 1. The van der Waals surface area contributed by atoms with E-state index in [1.165, 1.54) is 11.1 Å². The summed E-state index contributed by atoms with van der Waals surface area (Å²) in [7, 11) is 0. The maximum Gasteiger partial charge on any atom is 0.132 e. The fourth-order valence-electron chi connectivity index (χ4n) is 3.74. The van der Waals surface area contributed by atoms with Crippen molar-refractivity contribution in [3.8, 4) is 11.4 Å². The lowest BCUT2D eigenvalue weighted by Gasteiger charge is -2.27. The van der Waals surface area contributed by atoms with Crippen LogP contribution < -0.4 is 10.2 Å². The summed E-state index contributed by atoms with van der Waals surface area (Å²) in [5.41, 5.74) is 5.39. The van der Waals surface area contributed by atoms with Gasteiger partial charge in [-0.1, -0.05) is 12.1 Å². The van der Waals surface area contributed by atoms with E-state index in [2.05, 4.69) is 54.7 Å². The van der Waals surface area contributed by atoms with Gasteiger partial charge in [-0.05, 0) is 36.2 Å². The number of ether oxygens (including phenoxy) is 1. The molecule has 0 saturated carbocycles. The van der Waals surface area contributed by atoms with E-state index in [0.717, 1.165) is 73.9 Å². The first-order valence-corrected chi connectivity index (χ1v) is 9.42. The van der Waals surface area contributed by atoms with Gasteiger partial charge in [0.25, 0.3) is 0 Å². The minimum Gasteiger partial charge on any atom is -0.378 e. The predicted octanol–water partition coefficient (Wildman–Crippen LogP) is 2.23. The maximum absolute atomic E-state index is 5.44. The van der Waals surface area contributed by atoms with E-state index in [1.54, 1.807) is 6.33 Å². The molecule has 7 nitrogen and oxygen atoms in total. The number of aromatic nitrogens is 4. The Labute approximate surface area is 157 Å². The fraction of sp³-hybridized carbons (Fsp3) is 0.350. The molecule has 5 rings (SSSR count). The number of aromatic amines is 1. The summed E-state index contributed by atoms with van der Waals surface area (Å²) >= 11 is 0. The Morgan fingerprint density at radius 1 is 1.07 bits per heavy atom. The average Bonchev–Trinajstić information content (AvgIpc) is 3.18. The van der Waals surface area contributed by atoms with Crippen molar-refractivity contribution in [3.63, 3.8) is 0 Å². The molecule has 1 saturated heterocycles. The molecule has 4 heterocycles. The first kappa shape index (κ1) is 16.4. The molecule has 0 unspecified atom stereocenters. The summed E-state index contributed by atoms with van der Waals surface area (Å²) < 4.78 is 5.44. The normalized spacial score (nSPS) is 17.9. The standard InChI is InChI=1S/C20H22N6O/c1-2-17-16(11-15(1)14-3-5-21-6-4-14)20(25-24-17)18-12-19(23-13-22-18)26-7-9-27-10-8-26/h1-3,11-13,21H,4-10H2,(H,24,25). The molecule has 2 aromatic heterocycles. The molecule has 0 bridgehead atoms. The molecule has 2 aliphatic heterocycles. The van der Waals surface area contributed by atoms with Crippen LogP contribution in [0.4, 0.5) is 5.82 Å². The highest BCUT2D eigenvalue weighted by Gasteiger charge is 2.16. The van der Waals surface area contributed by atoms with E-state index >= 15 is 0 Å².